The van der Waals surface area contributed by atoms with Crippen LogP contribution in [0.4, 0.5) is 0 Å². The number of thioether (sulfide) groups is 2. The van der Waals surface area contributed by atoms with Gasteiger partial charge in [-0.15, -0.1) is 23.5 Å². The van der Waals surface area contributed by atoms with Gasteiger partial charge in [-0.05, 0) is 35.8 Å². The highest BCUT2D eigenvalue weighted by atomic mass is 32.2. The summed E-state index contributed by atoms with van der Waals surface area (Å²) in [5.74, 6) is 3.24. The van der Waals surface area contributed by atoms with Crippen molar-refractivity contribution in [1.29, 1.82) is 0 Å². The molecule has 1 atom stereocenters. The Kier molecular flexibility index (Phi) is 3.69. The van der Waals surface area contributed by atoms with E-state index in [2.05, 4.69) is 30.3 Å². The van der Waals surface area contributed by atoms with Crippen LogP contribution in [0.15, 0.2) is 30.3 Å². The van der Waals surface area contributed by atoms with Crippen LogP contribution in [-0.2, 0) is 11.2 Å². The molecule has 3 heteroatoms. The van der Waals surface area contributed by atoms with Crippen LogP contribution in [0, 0.1) is 5.92 Å². The zero-order valence-electron chi connectivity index (χ0n) is 9.93. The summed E-state index contributed by atoms with van der Waals surface area (Å²) in [6.07, 6.45) is 3.73. The fourth-order valence-electron chi connectivity index (χ4n) is 2.55. The molecule has 1 aromatic rings. The number of hydrogen-bond donors (Lipinski definition) is 0. The number of rotatable bonds is 2. The van der Waals surface area contributed by atoms with E-state index >= 15 is 0 Å². The lowest BCUT2D eigenvalue weighted by molar-refractivity contribution is 0.142. The zero-order chi connectivity index (χ0) is 11.6. The Hall–Kier alpha value is -0.120. The summed E-state index contributed by atoms with van der Waals surface area (Å²) < 4.78 is 6.20. The van der Waals surface area contributed by atoms with Crippen molar-refractivity contribution in [3.63, 3.8) is 0 Å². The van der Waals surface area contributed by atoms with Crippen molar-refractivity contribution in [2.24, 2.45) is 5.92 Å². The molecule has 0 unspecified atom stereocenters. The van der Waals surface area contributed by atoms with Crippen LogP contribution < -0.4 is 0 Å². The molecule has 2 fully saturated rings. The second-order valence-electron chi connectivity index (χ2n) is 4.80. The van der Waals surface area contributed by atoms with Crippen molar-refractivity contribution in [1.82, 2.24) is 0 Å². The molecule has 2 heterocycles. The molecule has 0 amide bonds. The normalized spacial score (nSPS) is 27.4. The Morgan fingerprint density at radius 1 is 1.18 bits per heavy atom. The molecule has 92 valence electrons. The van der Waals surface area contributed by atoms with Crippen molar-refractivity contribution < 1.29 is 4.74 Å². The van der Waals surface area contributed by atoms with Gasteiger partial charge in [0, 0.05) is 6.42 Å². The molecule has 1 nitrogen and oxygen atoms in total. The van der Waals surface area contributed by atoms with Crippen molar-refractivity contribution >= 4 is 23.5 Å². The highest BCUT2D eigenvalue weighted by Gasteiger charge is 2.42. The highest BCUT2D eigenvalue weighted by Crippen LogP contribution is 2.51. The Balaban J connectivity index is 1.60. The maximum Gasteiger partial charge on any atom is 0.160 e. The molecule has 2 aliphatic rings. The minimum atomic E-state index is 0.109. The summed E-state index contributed by atoms with van der Waals surface area (Å²) >= 11 is 4.06. The molecule has 2 aliphatic heterocycles. The summed E-state index contributed by atoms with van der Waals surface area (Å²) in [6.45, 7) is 0.939. The summed E-state index contributed by atoms with van der Waals surface area (Å²) in [4.78, 5) is 0. The first-order chi connectivity index (χ1) is 8.36. The van der Waals surface area contributed by atoms with E-state index in [1.165, 1.54) is 36.3 Å². The van der Waals surface area contributed by atoms with Gasteiger partial charge < -0.3 is 4.74 Å². The second-order valence-corrected chi connectivity index (χ2v) is 7.78. The molecule has 1 spiro atoms. The predicted molar refractivity (Wildman–Crippen MR) is 76.5 cm³/mol. The Morgan fingerprint density at radius 3 is 2.71 bits per heavy atom. The van der Waals surface area contributed by atoms with E-state index in [0.717, 1.165) is 6.61 Å². The first kappa shape index (κ1) is 11.9. The lowest BCUT2D eigenvalue weighted by Gasteiger charge is -2.30. The van der Waals surface area contributed by atoms with Gasteiger partial charge in [0.05, 0.1) is 6.61 Å². The summed E-state index contributed by atoms with van der Waals surface area (Å²) in [6, 6.07) is 10.8. The molecule has 0 N–H and O–H groups in total. The molecule has 0 bridgehead atoms. The van der Waals surface area contributed by atoms with Gasteiger partial charge in [0.25, 0.3) is 0 Å². The van der Waals surface area contributed by atoms with E-state index in [0.29, 0.717) is 5.92 Å². The molecule has 0 radical (unpaired) electrons. The second kappa shape index (κ2) is 5.25. The standard InChI is InChI=1S/C14H18OS2/c1-2-5-12(6-3-1)9-13-10-14(15-11-13)16-7-4-8-17-14/h1-3,5-6,13H,4,7-11H2/t13-/m1/s1. The van der Waals surface area contributed by atoms with E-state index < -0.39 is 0 Å². The molecule has 1 aromatic carbocycles. The van der Waals surface area contributed by atoms with Crippen molar-refractivity contribution in [3.05, 3.63) is 35.9 Å². The molecule has 0 saturated carbocycles. The Bertz CT molecular complexity index is 360. The largest absolute Gasteiger partial charge is 0.355 e. The van der Waals surface area contributed by atoms with Crippen LogP contribution in [-0.4, -0.2) is 22.4 Å². The van der Waals surface area contributed by atoms with Crippen LogP contribution in [0.2, 0.25) is 0 Å². The molecule has 0 aromatic heterocycles. The van der Waals surface area contributed by atoms with Crippen molar-refractivity contribution in [2.45, 2.75) is 23.5 Å². The predicted octanol–water partition coefficient (Wildman–Crippen LogP) is 3.79. The fourth-order valence-corrected chi connectivity index (χ4v) is 5.78. The number of hydrogen-bond acceptors (Lipinski definition) is 3. The van der Waals surface area contributed by atoms with E-state index in [1.807, 2.05) is 23.5 Å². The third-order valence-electron chi connectivity index (χ3n) is 3.38. The summed E-state index contributed by atoms with van der Waals surface area (Å²) in [5.41, 5.74) is 1.45. The molecule has 0 aliphatic carbocycles. The van der Waals surface area contributed by atoms with Crippen LogP contribution >= 0.6 is 23.5 Å². The summed E-state index contributed by atoms with van der Waals surface area (Å²) in [7, 11) is 0. The van der Waals surface area contributed by atoms with E-state index in [1.54, 1.807) is 0 Å². The maximum absolute atomic E-state index is 6.09. The average molecular weight is 266 g/mol. The molecule has 2 saturated heterocycles. The smallest absolute Gasteiger partial charge is 0.160 e. The van der Waals surface area contributed by atoms with Gasteiger partial charge in [0.2, 0.25) is 0 Å². The van der Waals surface area contributed by atoms with E-state index in [4.69, 9.17) is 4.74 Å². The van der Waals surface area contributed by atoms with E-state index in [9.17, 15) is 0 Å². The number of ether oxygens (including phenoxy) is 1. The van der Waals surface area contributed by atoms with Crippen LogP contribution in [0.3, 0.4) is 0 Å². The maximum atomic E-state index is 6.09. The van der Waals surface area contributed by atoms with Gasteiger partial charge in [-0.3, -0.25) is 0 Å². The van der Waals surface area contributed by atoms with Crippen LogP contribution in [0.25, 0.3) is 0 Å². The molecular formula is C14H18OS2. The summed E-state index contributed by atoms with van der Waals surface area (Å²) in [5, 5.41) is 0. The minimum absolute atomic E-state index is 0.109. The van der Waals surface area contributed by atoms with Gasteiger partial charge in [-0.25, -0.2) is 0 Å². The Morgan fingerprint density at radius 2 is 1.94 bits per heavy atom. The van der Waals surface area contributed by atoms with Gasteiger partial charge in [-0.2, -0.15) is 0 Å². The van der Waals surface area contributed by atoms with Crippen molar-refractivity contribution in [2.75, 3.05) is 18.1 Å². The average Bonchev–Trinajstić information content (AvgIpc) is 2.74. The first-order valence-electron chi connectivity index (χ1n) is 6.32. The zero-order valence-corrected chi connectivity index (χ0v) is 11.6. The molecular weight excluding hydrogens is 248 g/mol. The third kappa shape index (κ3) is 2.83. The number of benzene rings is 1. The minimum Gasteiger partial charge on any atom is -0.355 e. The first-order valence-corrected chi connectivity index (χ1v) is 8.29. The van der Waals surface area contributed by atoms with Gasteiger partial charge >= 0.3 is 0 Å². The van der Waals surface area contributed by atoms with E-state index in [-0.39, 0.29) is 4.27 Å². The van der Waals surface area contributed by atoms with Gasteiger partial charge in [-0.1, -0.05) is 30.3 Å². The SMILES string of the molecule is c1ccc(C[C@H]2COC3(C2)SCCCS3)cc1. The Labute approximate surface area is 112 Å². The van der Waals surface area contributed by atoms with Gasteiger partial charge in [0.1, 0.15) is 0 Å². The quantitative estimate of drug-likeness (QED) is 0.806. The van der Waals surface area contributed by atoms with Crippen LogP contribution in [0.1, 0.15) is 18.4 Å². The highest BCUT2D eigenvalue weighted by molar-refractivity contribution is 8.18. The fraction of sp³-hybridized carbons (Fsp3) is 0.571. The molecule has 17 heavy (non-hydrogen) atoms. The van der Waals surface area contributed by atoms with Gasteiger partial charge in [0.15, 0.2) is 4.27 Å². The lowest BCUT2D eigenvalue weighted by atomic mass is 9.99. The monoisotopic (exact) mass is 266 g/mol. The lowest BCUT2D eigenvalue weighted by Crippen LogP contribution is -2.23. The molecule has 3 rings (SSSR count). The van der Waals surface area contributed by atoms with Crippen molar-refractivity contribution in [3.8, 4) is 0 Å². The van der Waals surface area contributed by atoms with Crippen LogP contribution in [0.5, 0.6) is 0 Å². The topological polar surface area (TPSA) is 9.23 Å². The third-order valence-corrected chi connectivity index (χ3v) is 6.52.